The highest BCUT2D eigenvalue weighted by atomic mass is 35.5. The smallest absolute Gasteiger partial charge is 0.177 e. The monoisotopic (exact) mass is 308 g/mol. The first kappa shape index (κ1) is 13.2. The molecule has 4 heteroatoms. The molecule has 98 valence electrons. The summed E-state index contributed by atoms with van der Waals surface area (Å²) in [5, 5.41) is 0.674. The third-order valence-corrected chi connectivity index (χ3v) is 5.87. The Morgan fingerprint density at radius 2 is 2.16 bits per heavy atom. The number of fused-ring (bicyclic) bond motifs is 1. The summed E-state index contributed by atoms with van der Waals surface area (Å²) in [5.41, 5.74) is 2.26. The summed E-state index contributed by atoms with van der Waals surface area (Å²) >= 11 is 9.71. The van der Waals surface area contributed by atoms with Crippen LogP contribution in [0.15, 0.2) is 30.3 Å². The summed E-state index contributed by atoms with van der Waals surface area (Å²) in [4.78, 5) is 14.6. The van der Waals surface area contributed by atoms with Crippen LogP contribution in [0.2, 0.25) is 5.02 Å². The van der Waals surface area contributed by atoms with Crippen LogP contribution in [0.5, 0.6) is 0 Å². The van der Waals surface area contributed by atoms with Gasteiger partial charge in [-0.05, 0) is 35.4 Å². The van der Waals surface area contributed by atoms with Crippen molar-refractivity contribution in [3.05, 3.63) is 56.2 Å². The molecule has 2 heterocycles. The van der Waals surface area contributed by atoms with Gasteiger partial charge in [0.15, 0.2) is 5.78 Å². The Labute approximate surface area is 126 Å². The minimum atomic E-state index is 0.178. The number of ketones is 1. The second-order valence-electron chi connectivity index (χ2n) is 4.55. The molecule has 0 bridgehead atoms. The third kappa shape index (κ3) is 2.88. The molecule has 0 amide bonds. The van der Waals surface area contributed by atoms with Crippen molar-refractivity contribution in [2.75, 3.05) is 5.75 Å². The zero-order valence-electron chi connectivity index (χ0n) is 10.3. The minimum absolute atomic E-state index is 0.178. The van der Waals surface area contributed by atoms with Gasteiger partial charge in [-0.25, -0.2) is 0 Å². The van der Waals surface area contributed by atoms with Gasteiger partial charge in [-0.2, -0.15) is 11.8 Å². The number of rotatable bonds is 3. The van der Waals surface area contributed by atoms with Crippen LogP contribution in [0, 0.1) is 0 Å². The van der Waals surface area contributed by atoms with Crippen molar-refractivity contribution < 1.29 is 4.79 Å². The van der Waals surface area contributed by atoms with Gasteiger partial charge < -0.3 is 0 Å². The van der Waals surface area contributed by atoms with E-state index < -0.39 is 0 Å². The van der Waals surface area contributed by atoms with E-state index in [9.17, 15) is 4.79 Å². The number of thiophene rings is 1. The summed E-state index contributed by atoms with van der Waals surface area (Å²) in [7, 11) is 0. The molecule has 0 spiro atoms. The Morgan fingerprint density at radius 1 is 1.32 bits per heavy atom. The third-order valence-electron chi connectivity index (χ3n) is 3.21. The van der Waals surface area contributed by atoms with Crippen molar-refractivity contribution in [3.8, 4) is 0 Å². The second-order valence-corrected chi connectivity index (χ2v) is 7.20. The van der Waals surface area contributed by atoms with Crippen molar-refractivity contribution in [3.63, 3.8) is 0 Å². The summed E-state index contributed by atoms with van der Waals surface area (Å²) in [6.07, 6.45) is 1.50. The minimum Gasteiger partial charge on any atom is -0.293 e. The van der Waals surface area contributed by atoms with Gasteiger partial charge in [-0.1, -0.05) is 29.8 Å². The highest BCUT2D eigenvalue weighted by Gasteiger charge is 2.18. The largest absolute Gasteiger partial charge is 0.293 e. The van der Waals surface area contributed by atoms with Gasteiger partial charge in [-0.15, -0.1) is 11.3 Å². The van der Waals surface area contributed by atoms with Crippen molar-refractivity contribution in [1.29, 1.82) is 0 Å². The maximum absolute atomic E-state index is 12.3. The quantitative estimate of drug-likeness (QED) is 0.770. The molecule has 0 saturated carbocycles. The normalized spacial score (nSPS) is 14.2. The molecule has 0 radical (unpaired) electrons. The zero-order chi connectivity index (χ0) is 13.2. The average Bonchev–Trinajstić information content (AvgIpc) is 2.85. The van der Waals surface area contributed by atoms with Crippen LogP contribution in [0.25, 0.3) is 0 Å². The fourth-order valence-corrected chi connectivity index (χ4v) is 4.70. The van der Waals surface area contributed by atoms with Crippen LogP contribution >= 0.6 is 34.7 Å². The van der Waals surface area contributed by atoms with E-state index >= 15 is 0 Å². The van der Waals surface area contributed by atoms with E-state index in [0.29, 0.717) is 11.4 Å². The lowest BCUT2D eigenvalue weighted by molar-refractivity contribution is 0.0997. The maximum Gasteiger partial charge on any atom is 0.177 e. The van der Waals surface area contributed by atoms with Crippen molar-refractivity contribution in [2.45, 2.75) is 18.6 Å². The molecule has 1 aliphatic rings. The Bertz CT molecular complexity index is 595. The molecule has 0 unspecified atom stereocenters. The Hall–Kier alpha value is -0.770. The number of carbonyl (C=O) groups is 1. The number of hydrogen-bond acceptors (Lipinski definition) is 3. The molecule has 2 aromatic rings. The van der Waals surface area contributed by atoms with Gasteiger partial charge in [0, 0.05) is 22.1 Å². The van der Waals surface area contributed by atoms with Crippen LogP contribution < -0.4 is 0 Å². The van der Waals surface area contributed by atoms with Crippen LogP contribution in [0.4, 0.5) is 0 Å². The van der Waals surface area contributed by atoms with Gasteiger partial charge >= 0.3 is 0 Å². The number of halogens is 1. The average molecular weight is 309 g/mol. The van der Waals surface area contributed by atoms with E-state index in [1.165, 1.54) is 16.2 Å². The van der Waals surface area contributed by atoms with E-state index in [0.717, 1.165) is 22.6 Å². The molecule has 19 heavy (non-hydrogen) atoms. The molecule has 0 atom stereocenters. The molecule has 0 saturated heterocycles. The molecule has 3 rings (SSSR count). The molecule has 0 fully saturated rings. The number of thioether (sulfide) groups is 1. The zero-order valence-corrected chi connectivity index (χ0v) is 12.7. The number of benzene rings is 1. The molecule has 1 nitrogen and oxygen atoms in total. The van der Waals surface area contributed by atoms with Crippen molar-refractivity contribution >= 4 is 40.5 Å². The van der Waals surface area contributed by atoms with Crippen LogP contribution in [0.3, 0.4) is 0 Å². The van der Waals surface area contributed by atoms with Gasteiger partial charge in [0.25, 0.3) is 0 Å². The van der Waals surface area contributed by atoms with E-state index in [4.69, 9.17) is 11.6 Å². The first-order valence-electron chi connectivity index (χ1n) is 6.20. The lowest BCUT2D eigenvalue weighted by Gasteiger charge is -2.08. The number of carbonyl (C=O) groups excluding carboxylic acids is 1. The summed E-state index contributed by atoms with van der Waals surface area (Å²) < 4.78 is 0. The predicted molar refractivity (Wildman–Crippen MR) is 83.7 cm³/mol. The number of Topliss-reactive ketones (excluding diaryl/α,β-unsaturated/α-hetero) is 1. The standard InChI is InChI=1S/C15H13ClOS2/c16-12-4-2-1-3-10(12)7-13(17)15-8-11-9-18-6-5-14(11)19-15/h1-4,8H,5-7,9H2. The highest BCUT2D eigenvalue weighted by molar-refractivity contribution is 7.98. The van der Waals surface area contributed by atoms with Crippen LogP contribution in [-0.4, -0.2) is 11.5 Å². The Kier molecular flexibility index (Phi) is 3.96. The fraction of sp³-hybridized carbons (Fsp3) is 0.267. The summed E-state index contributed by atoms with van der Waals surface area (Å²) in [6.45, 7) is 0. The Balaban J connectivity index is 1.81. The molecule has 1 aromatic heterocycles. The van der Waals surface area contributed by atoms with E-state index in [-0.39, 0.29) is 5.78 Å². The van der Waals surface area contributed by atoms with Gasteiger partial charge in [0.05, 0.1) is 4.88 Å². The van der Waals surface area contributed by atoms with E-state index in [1.54, 1.807) is 11.3 Å². The topological polar surface area (TPSA) is 17.1 Å². The molecular weight excluding hydrogens is 296 g/mol. The Morgan fingerprint density at radius 3 is 2.95 bits per heavy atom. The number of aryl methyl sites for hydroxylation is 1. The van der Waals surface area contributed by atoms with Gasteiger partial charge in [-0.3, -0.25) is 4.79 Å². The summed E-state index contributed by atoms with van der Waals surface area (Å²) in [5.74, 6) is 2.40. The SMILES string of the molecule is O=C(Cc1ccccc1Cl)c1cc2c(s1)CCSC2. The first-order valence-corrected chi connectivity index (χ1v) is 8.55. The van der Waals surface area contributed by atoms with Crippen LogP contribution in [-0.2, 0) is 18.6 Å². The molecule has 1 aliphatic heterocycles. The number of hydrogen-bond donors (Lipinski definition) is 0. The van der Waals surface area contributed by atoms with Crippen LogP contribution in [0.1, 0.15) is 25.7 Å². The second kappa shape index (κ2) is 5.70. The van der Waals surface area contributed by atoms with E-state index in [1.807, 2.05) is 36.0 Å². The van der Waals surface area contributed by atoms with E-state index in [2.05, 4.69) is 6.07 Å². The molecule has 0 N–H and O–H groups in total. The summed E-state index contributed by atoms with van der Waals surface area (Å²) in [6, 6.07) is 9.64. The molecule has 1 aromatic carbocycles. The lowest BCUT2D eigenvalue weighted by Crippen LogP contribution is -2.01. The molecular formula is C15H13ClOS2. The fourth-order valence-electron chi connectivity index (χ4n) is 2.19. The molecule has 0 aliphatic carbocycles. The van der Waals surface area contributed by atoms with Crippen molar-refractivity contribution in [1.82, 2.24) is 0 Å². The first-order chi connectivity index (χ1) is 9.24. The van der Waals surface area contributed by atoms with Crippen molar-refractivity contribution in [2.24, 2.45) is 0 Å². The van der Waals surface area contributed by atoms with Gasteiger partial charge in [0.1, 0.15) is 0 Å². The highest BCUT2D eigenvalue weighted by Crippen LogP contribution is 2.32. The lowest BCUT2D eigenvalue weighted by atomic mass is 10.1. The maximum atomic E-state index is 12.3. The predicted octanol–water partition coefficient (Wildman–Crippen LogP) is 4.62. The van der Waals surface area contributed by atoms with Gasteiger partial charge in [0.2, 0.25) is 0 Å².